The number of hydrogen-bond acceptors (Lipinski definition) is 3. The van der Waals surface area contributed by atoms with Gasteiger partial charge >= 0.3 is 5.97 Å². The van der Waals surface area contributed by atoms with Gasteiger partial charge in [-0.1, -0.05) is 6.42 Å². The van der Waals surface area contributed by atoms with E-state index in [1.54, 1.807) is 0 Å². The summed E-state index contributed by atoms with van der Waals surface area (Å²) in [5, 5.41) is 9.01. The van der Waals surface area contributed by atoms with Gasteiger partial charge in [-0.3, -0.25) is 14.5 Å². The van der Waals surface area contributed by atoms with E-state index in [-0.39, 0.29) is 11.8 Å². The Bertz CT molecular complexity index is 262. The van der Waals surface area contributed by atoms with Crippen LogP contribution < -0.4 is 0 Å². The van der Waals surface area contributed by atoms with Crippen molar-refractivity contribution in [1.82, 2.24) is 4.90 Å². The number of nitrogens with zero attached hydrogens (tertiary/aromatic N) is 1. The SMILES string of the molecule is O=C(O)C1CCC(=O)C2CCCCN12. The van der Waals surface area contributed by atoms with E-state index in [9.17, 15) is 9.59 Å². The van der Waals surface area contributed by atoms with Crippen LogP contribution >= 0.6 is 0 Å². The van der Waals surface area contributed by atoms with Crippen molar-refractivity contribution in [3.05, 3.63) is 0 Å². The molecule has 0 bridgehead atoms. The quantitative estimate of drug-likeness (QED) is 0.670. The molecule has 0 saturated carbocycles. The van der Waals surface area contributed by atoms with Gasteiger partial charge in [0.15, 0.2) is 0 Å². The number of carboxylic acids is 1. The fraction of sp³-hybridized carbons (Fsp3) is 0.800. The lowest BCUT2D eigenvalue weighted by Crippen LogP contribution is -2.56. The van der Waals surface area contributed by atoms with E-state index in [1.807, 2.05) is 4.90 Å². The van der Waals surface area contributed by atoms with Crippen molar-refractivity contribution >= 4 is 11.8 Å². The van der Waals surface area contributed by atoms with E-state index in [2.05, 4.69) is 0 Å². The van der Waals surface area contributed by atoms with Crippen molar-refractivity contribution in [1.29, 1.82) is 0 Å². The maximum absolute atomic E-state index is 11.6. The molecule has 2 unspecified atom stereocenters. The van der Waals surface area contributed by atoms with Gasteiger partial charge in [0, 0.05) is 6.42 Å². The number of aliphatic carboxylic acids is 1. The molecule has 4 nitrogen and oxygen atoms in total. The zero-order valence-corrected chi connectivity index (χ0v) is 8.11. The second-order valence-corrected chi connectivity index (χ2v) is 4.11. The summed E-state index contributed by atoms with van der Waals surface area (Å²) in [6.45, 7) is 0.771. The van der Waals surface area contributed by atoms with Crippen molar-refractivity contribution in [2.75, 3.05) is 6.54 Å². The third kappa shape index (κ3) is 1.54. The third-order valence-electron chi connectivity index (χ3n) is 3.27. The molecule has 0 aromatic heterocycles. The summed E-state index contributed by atoms with van der Waals surface area (Å²) in [6, 6.07) is -0.517. The van der Waals surface area contributed by atoms with Crippen LogP contribution in [-0.4, -0.2) is 40.4 Å². The largest absolute Gasteiger partial charge is 0.480 e. The van der Waals surface area contributed by atoms with Gasteiger partial charge in [0.2, 0.25) is 0 Å². The molecule has 2 rings (SSSR count). The van der Waals surface area contributed by atoms with Crippen molar-refractivity contribution in [3.63, 3.8) is 0 Å². The Kier molecular flexibility index (Phi) is 2.54. The van der Waals surface area contributed by atoms with Crippen LogP contribution in [0.1, 0.15) is 32.1 Å². The van der Waals surface area contributed by atoms with Gasteiger partial charge in [0.25, 0.3) is 0 Å². The van der Waals surface area contributed by atoms with E-state index >= 15 is 0 Å². The summed E-state index contributed by atoms with van der Waals surface area (Å²) >= 11 is 0. The number of hydrogen-bond donors (Lipinski definition) is 1. The molecule has 4 heteroatoms. The summed E-state index contributed by atoms with van der Waals surface area (Å²) in [5.74, 6) is -0.536. The number of rotatable bonds is 1. The lowest BCUT2D eigenvalue weighted by Gasteiger charge is -2.41. The molecule has 1 N–H and O–H groups in total. The van der Waals surface area contributed by atoms with Gasteiger partial charge < -0.3 is 5.11 Å². The molecule has 78 valence electrons. The second kappa shape index (κ2) is 3.69. The van der Waals surface area contributed by atoms with E-state index in [4.69, 9.17) is 5.11 Å². The van der Waals surface area contributed by atoms with Gasteiger partial charge in [-0.05, 0) is 25.8 Å². The van der Waals surface area contributed by atoms with Crippen LogP contribution in [0.4, 0.5) is 0 Å². The normalized spacial score (nSPS) is 33.9. The monoisotopic (exact) mass is 197 g/mol. The summed E-state index contributed by atoms with van der Waals surface area (Å²) in [6.07, 6.45) is 3.86. The molecule has 2 aliphatic heterocycles. The van der Waals surface area contributed by atoms with Crippen LogP contribution in [0, 0.1) is 0 Å². The van der Waals surface area contributed by atoms with Gasteiger partial charge in [-0.2, -0.15) is 0 Å². The molecule has 0 aromatic rings. The van der Waals surface area contributed by atoms with Crippen LogP contribution in [0.2, 0.25) is 0 Å². The Hall–Kier alpha value is -0.900. The first-order valence-electron chi connectivity index (χ1n) is 5.21. The van der Waals surface area contributed by atoms with Crippen LogP contribution in [-0.2, 0) is 9.59 Å². The maximum atomic E-state index is 11.6. The van der Waals surface area contributed by atoms with Crippen molar-refractivity contribution in [2.24, 2.45) is 0 Å². The highest BCUT2D eigenvalue weighted by atomic mass is 16.4. The third-order valence-corrected chi connectivity index (χ3v) is 3.27. The van der Waals surface area contributed by atoms with Crippen LogP contribution in [0.3, 0.4) is 0 Å². The predicted molar refractivity (Wildman–Crippen MR) is 50.0 cm³/mol. The molecule has 0 spiro atoms. The Labute approximate surface area is 82.9 Å². The van der Waals surface area contributed by atoms with E-state index < -0.39 is 12.0 Å². The molecule has 2 heterocycles. The van der Waals surface area contributed by atoms with E-state index in [1.165, 1.54) is 0 Å². The highest BCUT2D eigenvalue weighted by Gasteiger charge is 2.40. The Balaban J connectivity index is 2.16. The lowest BCUT2D eigenvalue weighted by atomic mass is 9.88. The highest BCUT2D eigenvalue weighted by molar-refractivity contribution is 5.87. The first-order chi connectivity index (χ1) is 6.70. The maximum Gasteiger partial charge on any atom is 0.320 e. The molecule has 2 aliphatic rings. The van der Waals surface area contributed by atoms with Gasteiger partial charge in [-0.15, -0.1) is 0 Å². The van der Waals surface area contributed by atoms with Crippen molar-refractivity contribution in [3.8, 4) is 0 Å². The number of piperidine rings is 2. The minimum absolute atomic E-state index is 0.0985. The van der Waals surface area contributed by atoms with Crippen molar-refractivity contribution < 1.29 is 14.7 Å². The number of fused-ring (bicyclic) bond motifs is 1. The molecule has 0 aromatic carbocycles. The molecule has 0 amide bonds. The summed E-state index contributed by atoms with van der Waals surface area (Å²) < 4.78 is 0. The van der Waals surface area contributed by atoms with Crippen molar-refractivity contribution in [2.45, 2.75) is 44.2 Å². The van der Waals surface area contributed by atoms with E-state index in [0.717, 1.165) is 25.8 Å². The summed E-state index contributed by atoms with van der Waals surface area (Å²) in [7, 11) is 0. The van der Waals surface area contributed by atoms with Crippen LogP contribution in [0.15, 0.2) is 0 Å². The van der Waals surface area contributed by atoms with Gasteiger partial charge in [-0.25, -0.2) is 0 Å². The van der Waals surface area contributed by atoms with Crippen LogP contribution in [0.5, 0.6) is 0 Å². The molecular weight excluding hydrogens is 182 g/mol. The first kappa shape index (κ1) is 9.65. The second-order valence-electron chi connectivity index (χ2n) is 4.11. The Morgan fingerprint density at radius 1 is 1.36 bits per heavy atom. The Morgan fingerprint density at radius 3 is 2.86 bits per heavy atom. The first-order valence-corrected chi connectivity index (χ1v) is 5.21. The Morgan fingerprint density at radius 2 is 2.14 bits per heavy atom. The number of carbonyl (C=O) groups is 2. The minimum atomic E-state index is -0.774. The zero-order chi connectivity index (χ0) is 10.1. The summed E-state index contributed by atoms with van der Waals surface area (Å²) in [4.78, 5) is 24.4. The van der Waals surface area contributed by atoms with E-state index in [0.29, 0.717) is 12.8 Å². The highest BCUT2D eigenvalue weighted by Crippen LogP contribution is 2.27. The molecule has 0 radical (unpaired) electrons. The topological polar surface area (TPSA) is 57.6 Å². The lowest BCUT2D eigenvalue weighted by molar-refractivity contribution is -0.150. The number of carboxylic acid groups (broad SMARTS) is 1. The molecule has 2 fully saturated rings. The average Bonchev–Trinajstić information content (AvgIpc) is 2.18. The molecule has 0 aliphatic carbocycles. The minimum Gasteiger partial charge on any atom is -0.480 e. The molecule has 2 saturated heterocycles. The smallest absolute Gasteiger partial charge is 0.320 e. The number of carbonyl (C=O) groups excluding carboxylic acids is 1. The fourth-order valence-electron chi connectivity index (χ4n) is 2.55. The van der Waals surface area contributed by atoms with Gasteiger partial charge in [0.05, 0.1) is 6.04 Å². The fourth-order valence-corrected chi connectivity index (χ4v) is 2.55. The van der Waals surface area contributed by atoms with Crippen LogP contribution in [0.25, 0.3) is 0 Å². The van der Waals surface area contributed by atoms with Gasteiger partial charge in [0.1, 0.15) is 11.8 Å². The average molecular weight is 197 g/mol. The number of ketones is 1. The standard InChI is InChI=1S/C10H15NO3/c12-9-5-4-8(10(13)14)11-6-2-1-3-7(9)11/h7-8H,1-6H2,(H,13,14). The summed E-state index contributed by atoms with van der Waals surface area (Å²) in [5.41, 5.74) is 0. The molecule has 2 atom stereocenters. The number of Topliss-reactive ketones (excluding diaryl/α,β-unsaturated/α-hetero) is 1. The zero-order valence-electron chi connectivity index (χ0n) is 8.11. The predicted octanol–water partition coefficient (Wildman–Crippen LogP) is 0.657. The molecular formula is C10H15NO3. The molecule has 14 heavy (non-hydrogen) atoms.